The van der Waals surface area contributed by atoms with E-state index in [9.17, 15) is 5.11 Å². The third-order valence-electron chi connectivity index (χ3n) is 4.20. The molecule has 0 fully saturated rings. The summed E-state index contributed by atoms with van der Waals surface area (Å²) in [7, 11) is 2.02. The van der Waals surface area contributed by atoms with Gasteiger partial charge in [0.1, 0.15) is 12.4 Å². The van der Waals surface area contributed by atoms with Crippen LogP contribution in [0.3, 0.4) is 0 Å². The van der Waals surface area contributed by atoms with E-state index in [1.165, 1.54) is 0 Å². The first-order valence-electron chi connectivity index (χ1n) is 8.13. The van der Waals surface area contributed by atoms with Crippen molar-refractivity contribution in [2.24, 2.45) is 7.05 Å². The van der Waals surface area contributed by atoms with E-state index < -0.39 is 6.10 Å². The highest BCUT2D eigenvalue weighted by atomic mass is 16.5. The summed E-state index contributed by atoms with van der Waals surface area (Å²) in [6.07, 6.45) is 3.21. The molecule has 1 heterocycles. The predicted octanol–water partition coefficient (Wildman–Crippen LogP) is 4.59. The van der Waals surface area contributed by atoms with Crippen molar-refractivity contribution in [1.29, 1.82) is 0 Å². The molecule has 0 aliphatic carbocycles. The van der Waals surface area contributed by atoms with Gasteiger partial charge in [-0.25, -0.2) is 0 Å². The fourth-order valence-corrected chi connectivity index (χ4v) is 2.92. The number of rotatable bonds is 6. The molecule has 0 saturated carbocycles. The number of aliphatic hydroxyl groups is 1. The summed E-state index contributed by atoms with van der Waals surface area (Å²) in [5.41, 5.74) is 3.11. The molecule has 0 amide bonds. The lowest BCUT2D eigenvalue weighted by Crippen LogP contribution is -2.04. The van der Waals surface area contributed by atoms with Gasteiger partial charge in [0, 0.05) is 24.2 Å². The van der Waals surface area contributed by atoms with Gasteiger partial charge in [0.25, 0.3) is 0 Å². The van der Waals surface area contributed by atoms with Gasteiger partial charge in [0.05, 0.1) is 11.6 Å². The van der Waals surface area contributed by atoms with Crippen molar-refractivity contribution in [3.8, 4) is 5.75 Å². The zero-order valence-corrected chi connectivity index (χ0v) is 13.7. The molecule has 1 aromatic heterocycles. The molecule has 3 rings (SSSR count). The maximum atomic E-state index is 10.5. The number of nitrogens with zero attached hydrogens (tertiary/aromatic N) is 1. The minimum atomic E-state index is -0.490. The summed E-state index contributed by atoms with van der Waals surface area (Å²) in [4.78, 5) is 0. The van der Waals surface area contributed by atoms with Crippen molar-refractivity contribution in [2.45, 2.75) is 32.5 Å². The van der Waals surface area contributed by atoms with Crippen molar-refractivity contribution < 1.29 is 9.84 Å². The number of hydrogen-bond donors (Lipinski definition) is 1. The highest BCUT2D eigenvalue weighted by Crippen LogP contribution is 2.36. The Labute approximate surface area is 137 Å². The summed E-state index contributed by atoms with van der Waals surface area (Å²) in [5.74, 6) is 0.799. The second kappa shape index (κ2) is 6.88. The van der Waals surface area contributed by atoms with Crippen molar-refractivity contribution in [3.63, 3.8) is 0 Å². The largest absolute Gasteiger partial charge is 0.488 e. The van der Waals surface area contributed by atoms with Crippen LogP contribution in [0.1, 0.15) is 37.0 Å². The molecule has 3 heteroatoms. The average molecular weight is 309 g/mol. The molecule has 1 unspecified atom stereocenters. The van der Waals surface area contributed by atoms with Crippen LogP contribution in [0, 0.1) is 0 Å². The normalized spacial score (nSPS) is 12.5. The Bertz CT molecular complexity index is 777. The lowest BCUT2D eigenvalue weighted by atomic mass is 10.0. The Hall–Kier alpha value is -2.26. The molecule has 2 aromatic carbocycles. The van der Waals surface area contributed by atoms with Crippen LogP contribution in [0.25, 0.3) is 10.9 Å². The van der Waals surface area contributed by atoms with Gasteiger partial charge < -0.3 is 14.4 Å². The van der Waals surface area contributed by atoms with Gasteiger partial charge in [-0.3, -0.25) is 0 Å². The number of aryl methyl sites for hydroxylation is 1. The number of aliphatic hydroxyl groups excluding tert-OH is 1. The van der Waals surface area contributed by atoms with E-state index in [0.29, 0.717) is 6.61 Å². The van der Waals surface area contributed by atoms with E-state index in [0.717, 1.165) is 40.6 Å². The summed E-state index contributed by atoms with van der Waals surface area (Å²) in [6.45, 7) is 2.58. The maximum absolute atomic E-state index is 10.5. The van der Waals surface area contributed by atoms with Gasteiger partial charge in [-0.05, 0) is 24.1 Å². The van der Waals surface area contributed by atoms with Crippen LogP contribution < -0.4 is 4.74 Å². The second-order valence-corrected chi connectivity index (χ2v) is 5.92. The zero-order valence-electron chi connectivity index (χ0n) is 13.7. The standard InChI is InChI=1S/C20H23NO2/c1-3-7-19(22)17-10-11-18-16(12-13-21(18)2)20(17)23-14-15-8-5-4-6-9-15/h4-6,8-13,19,22H,3,7,14H2,1-2H3. The fraction of sp³-hybridized carbons (Fsp3) is 0.300. The summed E-state index contributed by atoms with van der Waals surface area (Å²) < 4.78 is 8.21. The van der Waals surface area contributed by atoms with E-state index >= 15 is 0 Å². The van der Waals surface area contributed by atoms with Crippen molar-refractivity contribution in [1.82, 2.24) is 4.57 Å². The first-order valence-corrected chi connectivity index (χ1v) is 8.13. The Morgan fingerprint density at radius 3 is 2.61 bits per heavy atom. The highest BCUT2D eigenvalue weighted by molar-refractivity contribution is 5.88. The molecule has 3 aromatic rings. The molecule has 23 heavy (non-hydrogen) atoms. The number of hydrogen-bond acceptors (Lipinski definition) is 2. The quantitative estimate of drug-likeness (QED) is 0.722. The number of aromatic nitrogens is 1. The number of benzene rings is 2. The predicted molar refractivity (Wildman–Crippen MR) is 93.6 cm³/mol. The first-order chi connectivity index (χ1) is 11.2. The molecule has 0 bridgehead atoms. The van der Waals surface area contributed by atoms with Gasteiger partial charge in [0.2, 0.25) is 0 Å². The zero-order chi connectivity index (χ0) is 16.2. The van der Waals surface area contributed by atoms with E-state index in [1.807, 2.05) is 49.6 Å². The molecule has 1 N–H and O–H groups in total. The molecular weight excluding hydrogens is 286 g/mol. The van der Waals surface area contributed by atoms with Gasteiger partial charge in [0.15, 0.2) is 0 Å². The molecule has 3 nitrogen and oxygen atoms in total. The molecule has 1 atom stereocenters. The molecule has 0 spiro atoms. The molecule has 0 aliphatic rings. The lowest BCUT2D eigenvalue weighted by Gasteiger charge is -2.17. The summed E-state index contributed by atoms with van der Waals surface area (Å²) in [5, 5.41) is 11.5. The van der Waals surface area contributed by atoms with Crippen molar-refractivity contribution in [3.05, 3.63) is 65.9 Å². The molecule has 120 valence electrons. The van der Waals surface area contributed by atoms with Crippen LogP contribution in [0.2, 0.25) is 0 Å². The monoisotopic (exact) mass is 309 g/mol. The van der Waals surface area contributed by atoms with E-state index in [2.05, 4.69) is 23.6 Å². The minimum absolute atomic E-state index is 0.490. The van der Waals surface area contributed by atoms with Crippen LogP contribution in [0.5, 0.6) is 5.75 Å². The van der Waals surface area contributed by atoms with Crippen LogP contribution in [-0.2, 0) is 13.7 Å². The van der Waals surface area contributed by atoms with Crippen molar-refractivity contribution >= 4 is 10.9 Å². The van der Waals surface area contributed by atoms with Gasteiger partial charge in [-0.2, -0.15) is 0 Å². The van der Waals surface area contributed by atoms with Crippen molar-refractivity contribution in [2.75, 3.05) is 0 Å². The van der Waals surface area contributed by atoms with Crippen LogP contribution in [0.4, 0.5) is 0 Å². The third kappa shape index (κ3) is 3.25. The molecule has 0 aliphatic heterocycles. The topological polar surface area (TPSA) is 34.4 Å². The molecular formula is C20H23NO2. The lowest BCUT2D eigenvalue weighted by molar-refractivity contribution is 0.160. The van der Waals surface area contributed by atoms with E-state index in [1.54, 1.807) is 0 Å². The SMILES string of the molecule is CCCC(O)c1ccc2c(ccn2C)c1OCc1ccccc1. The average Bonchev–Trinajstić information content (AvgIpc) is 2.95. The number of fused-ring (bicyclic) bond motifs is 1. The van der Waals surface area contributed by atoms with Gasteiger partial charge in [-0.1, -0.05) is 49.7 Å². The molecule has 0 radical (unpaired) electrons. The van der Waals surface area contributed by atoms with Crippen LogP contribution in [0.15, 0.2) is 54.7 Å². The maximum Gasteiger partial charge on any atom is 0.134 e. The van der Waals surface area contributed by atoms with Gasteiger partial charge >= 0.3 is 0 Å². The Balaban J connectivity index is 1.98. The minimum Gasteiger partial charge on any atom is -0.488 e. The van der Waals surface area contributed by atoms with Crippen LogP contribution in [-0.4, -0.2) is 9.67 Å². The smallest absolute Gasteiger partial charge is 0.134 e. The van der Waals surface area contributed by atoms with E-state index in [4.69, 9.17) is 4.74 Å². The second-order valence-electron chi connectivity index (χ2n) is 5.92. The first kappa shape index (κ1) is 15.6. The summed E-state index contributed by atoms with van der Waals surface area (Å²) in [6, 6.07) is 16.2. The Morgan fingerprint density at radius 2 is 1.87 bits per heavy atom. The van der Waals surface area contributed by atoms with Gasteiger partial charge in [-0.15, -0.1) is 0 Å². The highest BCUT2D eigenvalue weighted by Gasteiger charge is 2.17. The van der Waals surface area contributed by atoms with Crippen LogP contribution >= 0.6 is 0 Å². The third-order valence-corrected chi connectivity index (χ3v) is 4.20. The Morgan fingerprint density at radius 1 is 1.09 bits per heavy atom. The van der Waals surface area contributed by atoms with E-state index in [-0.39, 0.29) is 0 Å². The number of ether oxygens (including phenoxy) is 1. The fourth-order valence-electron chi connectivity index (χ4n) is 2.92. The summed E-state index contributed by atoms with van der Waals surface area (Å²) >= 11 is 0. The molecule has 0 saturated heterocycles. The Kier molecular flexibility index (Phi) is 4.68.